The van der Waals surface area contributed by atoms with Crippen molar-refractivity contribution >= 4 is 5.97 Å². The van der Waals surface area contributed by atoms with E-state index in [9.17, 15) is 4.79 Å². The SMILES string of the molecule is CCOC(=O)COCC(C)(C)C(C)CC. The van der Waals surface area contributed by atoms with E-state index in [1.807, 2.05) is 0 Å². The number of hydrogen-bond acceptors (Lipinski definition) is 3. The molecule has 0 saturated heterocycles. The van der Waals surface area contributed by atoms with Crippen molar-refractivity contribution in [1.82, 2.24) is 0 Å². The van der Waals surface area contributed by atoms with Crippen LogP contribution < -0.4 is 0 Å². The Bertz CT molecular complexity index is 187. The first-order valence-corrected chi connectivity index (χ1v) is 5.67. The van der Waals surface area contributed by atoms with Gasteiger partial charge >= 0.3 is 5.97 Å². The molecule has 3 nitrogen and oxygen atoms in total. The maximum atomic E-state index is 11.0. The zero-order chi connectivity index (χ0) is 11.9. The van der Waals surface area contributed by atoms with Crippen LogP contribution in [-0.4, -0.2) is 25.8 Å². The molecule has 3 heteroatoms. The number of ether oxygens (including phenoxy) is 2. The lowest BCUT2D eigenvalue weighted by atomic mass is 9.79. The molecule has 0 amide bonds. The normalized spacial score (nSPS) is 13.7. The molecule has 15 heavy (non-hydrogen) atoms. The third-order valence-electron chi connectivity index (χ3n) is 2.95. The number of rotatable bonds is 7. The Hall–Kier alpha value is -0.570. The Labute approximate surface area is 93.1 Å². The highest BCUT2D eigenvalue weighted by Crippen LogP contribution is 2.28. The molecule has 0 rings (SSSR count). The third kappa shape index (κ3) is 5.78. The van der Waals surface area contributed by atoms with E-state index in [0.717, 1.165) is 6.42 Å². The van der Waals surface area contributed by atoms with Crippen molar-refractivity contribution in [2.24, 2.45) is 11.3 Å². The first-order chi connectivity index (χ1) is 6.94. The summed E-state index contributed by atoms with van der Waals surface area (Å²) in [6.45, 7) is 11.6. The fourth-order valence-electron chi connectivity index (χ4n) is 1.29. The number of carbonyl (C=O) groups is 1. The van der Waals surface area contributed by atoms with Gasteiger partial charge in [0.25, 0.3) is 0 Å². The van der Waals surface area contributed by atoms with Crippen LogP contribution in [0.2, 0.25) is 0 Å². The first kappa shape index (κ1) is 14.4. The standard InChI is InChI=1S/C12H24O3/c1-6-10(3)12(4,5)9-14-8-11(13)15-7-2/h10H,6-9H2,1-5H3. The minimum atomic E-state index is -0.280. The Balaban J connectivity index is 3.79. The molecule has 0 radical (unpaired) electrons. The van der Waals surface area contributed by atoms with E-state index < -0.39 is 0 Å². The molecule has 0 aromatic heterocycles. The number of carbonyl (C=O) groups excluding carboxylic acids is 1. The second-order valence-electron chi connectivity index (χ2n) is 4.60. The van der Waals surface area contributed by atoms with Gasteiger partial charge in [-0.05, 0) is 18.3 Å². The van der Waals surface area contributed by atoms with Crippen molar-refractivity contribution in [2.75, 3.05) is 19.8 Å². The van der Waals surface area contributed by atoms with E-state index in [2.05, 4.69) is 27.7 Å². The molecule has 0 bridgehead atoms. The van der Waals surface area contributed by atoms with Crippen LogP contribution >= 0.6 is 0 Å². The summed E-state index contributed by atoms with van der Waals surface area (Å²) >= 11 is 0. The van der Waals surface area contributed by atoms with Gasteiger partial charge in [0.15, 0.2) is 0 Å². The predicted octanol–water partition coefficient (Wildman–Crippen LogP) is 2.64. The summed E-state index contributed by atoms with van der Waals surface area (Å²) in [6, 6.07) is 0. The van der Waals surface area contributed by atoms with Gasteiger partial charge in [0, 0.05) is 0 Å². The molecule has 90 valence electrons. The van der Waals surface area contributed by atoms with Gasteiger partial charge in [-0.1, -0.05) is 34.1 Å². The minimum Gasteiger partial charge on any atom is -0.464 e. The van der Waals surface area contributed by atoms with E-state index in [1.165, 1.54) is 0 Å². The molecule has 0 fully saturated rings. The second-order valence-corrected chi connectivity index (χ2v) is 4.60. The highest BCUT2D eigenvalue weighted by molar-refractivity contribution is 5.70. The molecule has 0 spiro atoms. The van der Waals surface area contributed by atoms with E-state index >= 15 is 0 Å². The van der Waals surface area contributed by atoms with Crippen LogP contribution in [0.15, 0.2) is 0 Å². The van der Waals surface area contributed by atoms with Crippen molar-refractivity contribution in [3.8, 4) is 0 Å². The van der Waals surface area contributed by atoms with E-state index in [4.69, 9.17) is 9.47 Å². The first-order valence-electron chi connectivity index (χ1n) is 5.67. The van der Waals surface area contributed by atoms with Gasteiger partial charge in [-0.3, -0.25) is 0 Å². The molecule has 0 aliphatic carbocycles. The summed E-state index contributed by atoms with van der Waals surface area (Å²) in [5.41, 5.74) is 0.112. The maximum absolute atomic E-state index is 11.0. The average molecular weight is 216 g/mol. The fraction of sp³-hybridized carbons (Fsp3) is 0.917. The molecule has 0 aromatic rings. The topological polar surface area (TPSA) is 35.5 Å². The van der Waals surface area contributed by atoms with Gasteiger partial charge in [0.05, 0.1) is 13.2 Å². The molecule has 1 atom stereocenters. The summed E-state index contributed by atoms with van der Waals surface area (Å²) in [4.78, 5) is 11.0. The quantitative estimate of drug-likeness (QED) is 0.614. The van der Waals surface area contributed by atoms with Crippen molar-refractivity contribution in [3.63, 3.8) is 0 Å². The predicted molar refractivity (Wildman–Crippen MR) is 60.7 cm³/mol. The summed E-state index contributed by atoms with van der Waals surface area (Å²) < 4.78 is 10.1. The second kappa shape index (κ2) is 6.83. The largest absolute Gasteiger partial charge is 0.464 e. The Morgan fingerprint density at radius 1 is 1.33 bits per heavy atom. The molecule has 1 unspecified atom stereocenters. The molecular weight excluding hydrogens is 192 g/mol. The molecule has 0 aliphatic heterocycles. The van der Waals surface area contributed by atoms with Gasteiger partial charge in [0.1, 0.15) is 6.61 Å². The number of esters is 1. The lowest BCUT2D eigenvalue weighted by Crippen LogP contribution is -2.28. The van der Waals surface area contributed by atoms with Gasteiger partial charge in [-0.2, -0.15) is 0 Å². The minimum absolute atomic E-state index is 0.0632. The van der Waals surface area contributed by atoms with E-state index in [0.29, 0.717) is 19.1 Å². The van der Waals surface area contributed by atoms with Crippen molar-refractivity contribution in [2.45, 2.75) is 41.0 Å². The fourth-order valence-corrected chi connectivity index (χ4v) is 1.29. The zero-order valence-corrected chi connectivity index (χ0v) is 10.6. The Morgan fingerprint density at radius 2 is 1.93 bits per heavy atom. The lowest BCUT2D eigenvalue weighted by molar-refractivity contribution is -0.149. The Kier molecular flexibility index (Phi) is 6.57. The van der Waals surface area contributed by atoms with Crippen LogP contribution in [0.3, 0.4) is 0 Å². The molecule has 0 heterocycles. The van der Waals surface area contributed by atoms with Crippen LogP contribution in [0.1, 0.15) is 41.0 Å². The van der Waals surface area contributed by atoms with Crippen LogP contribution in [0.5, 0.6) is 0 Å². The van der Waals surface area contributed by atoms with E-state index in [-0.39, 0.29) is 18.0 Å². The van der Waals surface area contributed by atoms with Crippen molar-refractivity contribution in [3.05, 3.63) is 0 Å². The number of hydrogen-bond donors (Lipinski definition) is 0. The molecular formula is C12H24O3. The molecule has 0 N–H and O–H groups in total. The van der Waals surface area contributed by atoms with Crippen molar-refractivity contribution < 1.29 is 14.3 Å². The lowest BCUT2D eigenvalue weighted by Gasteiger charge is -2.30. The van der Waals surface area contributed by atoms with Gasteiger partial charge in [-0.25, -0.2) is 4.79 Å². The summed E-state index contributed by atoms with van der Waals surface area (Å²) in [7, 11) is 0. The molecule has 0 saturated carbocycles. The zero-order valence-electron chi connectivity index (χ0n) is 10.6. The monoisotopic (exact) mass is 216 g/mol. The highest BCUT2D eigenvalue weighted by atomic mass is 16.6. The molecule has 0 aromatic carbocycles. The average Bonchev–Trinajstić information content (AvgIpc) is 2.16. The molecule has 0 aliphatic rings. The summed E-state index contributed by atoms with van der Waals surface area (Å²) in [6.07, 6.45) is 1.12. The Morgan fingerprint density at radius 3 is 2.40 bits per heavy atom. The smallest absolute Gasteiger partial charge is 0.332 e. The van der Waals surface area contributed by atoms with Gasteiger partial charge in [0.2, 0.25) is 0 Å². The van der Waals surface area contributed by atoms with Gasteiger partial charge in [-0.15, -0.1) is 0 Å². The van der Waals surface area contributed by atoms with Crippen LogP contribution in [0.4, 0.5) is 0 Å². The summed E-state index contributed by atoms with van der Waals surface area (Å²) in [5.74, 6) is 0.303. The highest BCUT2D eigenvalue weighted by Gasteiger charge is 2.25. The van der Waals surface area contributed by atoms with Crippen LogP contribution in [0, 0.1) is 11.3 Å². The van der Waals surface area contributed by atoms with Gasteiger partial charge < -0.3 is 9.47 Å². The van der Waals surface area contributed by atoms with Crippen LogP contribution in [0.25, 0.3) is 0 Å². The van der Waals surface area contributed by atoms with E-state index in [1.54, 1.807) is 6.92 Å². The third-order valence-corrected chi connectivity index (χ3v) is 2.95. The summed E-state index contributed by atoms with van der Waals surface area (Å²) in [5, 5.41) is 0. The van der Waals surface area contributed by atoms with Crippen LogP contribution in [-0.2, 0) is 14.3 Å². The van der Waals surface area contributed by atoms with Crippen molar-refractivity contribution in [1.29, 1.82) is 0 Å². The maximum Gasteiger partial charge on any atom is 0.332 e.